The Labute approximate surface area is 174 Å². The fourth-order valence-electron chi connectivity index (χ4n) is 3.24. The summed E-state index contributed by atoms with van der Waals surface area (Å²) in [6, 6.07) is 3.42. The number of ether oxygens (including phenoxy) is 1. The zero-order valence-corrected chi connectivity index (χ0v) is 17.8. The number of hydrogen-bond donors (Lipinski definition) is 1. The van der Waals surface area contributed by atoms with Crippen molar-refractivity contribution in [3.63, 3.8) is 0 Å². The van der Waals surface area contributed by atoms with E-state index in [2.05, 4.69) is 20.6 Å². The lowest BCUT2D eigenvalue weighted by molar-refractivity contribution is -0.121. The van der Waals surface area contributed by atoms with Crippen LogP contribution in [-0.2, 0) is 16.0 Å². The highest BCUT2D eigenvalue weighted by atomic mass is 35.5. The summed E-state index contributed by atoms with van der Waals surface area (Å²) in [5, 5.41) is 15.7. The number of aromatic nitrogens is 4. The zero-order chi connectivity index (χ0) is 21.0. The molecule has 2 aromatic heterocycles. The van der Waals surface area contributed by atoms with E-state index in [0.717, 1.165) is 12.8 Å². The maximum Gasteiger partial charge on any atom is 0.410 e. The minimum Gasteiger partial charge on any atom is -0.444 e. The number of carbonyl (C=O) groups is 2. The van der Waals surface area contributed by atoms with Gasteiger partial charge in [0.1, 0.15) is 10.8 Å². The van der Waals surface area contributed by atoms with E-state index < -0.39 is 5.60 Å². The SMILES string of the molecule is CC(C)(C)OC(=O)N1CCCC(NC(=O)CCc2nnc3ccc(Cl)nn23)CC1. The van der Waals surface area contributed by atoms with Crippen molar-refractivity contribution in [3.05, 3.63) is 23.1 Å². The molecule has 0 radical (unpaired) electrons. The van der Waals surface area contributed by atoms with E-state index in [0.29, 0.717) is 42.6 Å². The number of fused-ring (bicyclic) bond motifs is 1. The second kappa shape index (κ2) is 8.94. The lowest BCUT2D eigenvalue weighted by Crippen LogP contribution is -2.39. The van der Waals surface area contributed by atoms with Crippen LogP contribution in [0, 0.1) is 0 Å². The summed E-state index contributed by atoms with van der Waals surface area (Å²) in [4.78, 5) is 26.4. The van der Waals surface area contributed by atoms with Gasteiger partial charge in [0.15, 0.2) is 11.5 Å². The third kappa shape index (κ3) is 6.03. The molecule has 1 N–H and O–H groups in total. The molecule has 2 aromatic rings. The van der Waals surface area contributed by atoms with Crippen molar-refractivity contribution in [2.75, 3.05) is 13.1 Å². The number of halogens is 1. The van der Waals surface area contributed by atoms with Gasteiger partial charge in [-0.05, 0) is 52.2 Å². The third-order valence-electron chi connectivity index (χ3n) is 4.62. The van der Waals surface area contributed by atoms with Gasteiger partial charge in [0, 0.05) is 32.0 Å². The Kier molecular flexibility index (Phi) is 6.56. The van der Waals surface area contributed by atoms with E-state index in [9.17, 15) is 9.59 Å². The number of carbonyl (C=O) groups excluding carboxylic acids is 2. The zero-order valence-electron chi connectivity index (χ0n) is 17.0. The van der Waals surface area contributed by atoms with Crippen molar-refractivity contribution in [3.8, 4) is 0 Å². The van der Waals surface area contributed by atoms with E-state index in [1.165, 1.54) is 0 Å². The number of nitrogens with zero attached hydrogens (tertiary/aromatic N) is 5. The number of nitrogens with one attached hydrogen (secondary N) is 1. The predicted octanol–water partition coefficient (Wildman–Crippen LogP) is 2.62. The normalized spacial score (nSPS) is 17.8. The number of likely N-dealkylation sites (tertiary alicyclic amines) is 1. The first kappa shape index (κ1) is 21.3. The molecular weight excluding hydrogens is 396 g/mol. The van der Waals surface area contributed by atoms with Crippen LogP contribution in [0.3, 0.4) is 0 Å². The number of amides is 2. The number of hydrogen-bond acceptors (Lipinski definition) is 6. The van der Waals surface area contributed by atoms with Crippen LogP contribution in [0.1, 0.15) is 52.3 Å². The molecule has 1 atom stereocenters. The van der Waals surface area contributed by atoms with Crippen molar-refractivity contribution < 1.29 is 14.3 Å². The monoisotopic (exact) mass is 422 g/mol. The lowest BCUT2D eigenvalue weighted by Gasteiger charge is -2.26. The van der Waals surface area contributed by atoms with Crippen molar-refractivity contribution >= 4 is 29.2 Å². The molecule has 1 unspecified atom stereocenters. The van der Waals surface area contributed by atoms with E-state index in [1.54, 1.807) is 21.5 Å². The minimum atomic E-state index is -0.512. The molecule has 2 amide bonds. The average Bonchev–Trinajstić information content (AvgIpc) is 2.87. The van der Waals surface area contributed by atoms with Crippen LogP contribution in [0.5, 0.6) is 0 Å². The van der Waals surface area contributed by atoms with Crippen LogP contribution in [0.15, 0.2) is 12.1 Å². The number of aryl methyl sites for hydroxylation is 1. The third-order valence-corrected chi connectivity index (χ3v) is 4.82. The molecular formula is C19H27ClN6O3. The molecule has 10 heteroatoms. The van der Waals surface area contributed by atoms with E-state index in [1.807, 2.05) is 20.8 Å². The summed E-state index contributed by atoms with van der Waals surface area (Å²) >= 11 is 5.92. The van der Waals surface area contributed by atoms with Crippen molar-refractivity contribution in [2.45, 2.75) is 64.5 Å². The van der Waals surface area contributed by atoms with Crippen molar-refractivity contribution in [1.82, 2.24) is 30.0 Å². The quantitative estimate of drug-likeness (QED) is 0.812. The van der Waals surface area contributed by atoms with Gasteiger partial charge in [-0.3, -0.25) is 4.79 Å². The molecule has 158 valence electrons. The van der Waals surface area contributed by atoms with E-state index >= 15 is 0 Å². The molecule has 0 bridgehead atoms. The van der Waals surface area contributed by atoms with Gasteiger partial charge in [-0.15, -0.1) is 10.2 Å². The molecule has 1 aliphatic rings. The fourth-order valence-corrected chi connectivity index (χ4v) is 3.38. The highest BCUT2D eigenvalue weighted by molar-refractivity contribution is 6.29. The van der Waals surface area contributed by atoms with E-state index in [-0.39, 0.29) is 24.5 Å². The summed E-state index contributed by atoms with van der Waals surface area (Å²) in [7, 11) is 0. The van der Waals surface area contributed by atoms with Gasteiger partial charge in [-0.2, -0.15) is 9.61 Å². The molecule has 3 rings (SSSR count). The molecule has 29 heavy (non-hydrogen) atoms. The molecule has 0 aliphatic carbocycles. The van der Waals surface area contributed by atoms with Gasteiger partial charge in [-0.25, -0.2) is 4.79 Å². The van der Waals surface area contributed by atoms with Crippen LogP contribution in [-0.4, -0.2) is 61.4 Å². The van der Waals surface area contributed by atoms with Crippen molar-refractivity contribution in [2.24, 2.45) is 0 Å². The maximum absolute atomic E-state index is 12.4. The highest BCUT2D eigenvalue weighted by Gasteiger charge is 2.25. The molecule has 0 saturated carbocycles. The Morgan fingerprint density at radius 3 is 2.79 bits per heavy atom. The fraction of sp³-hybridized carbons (Fsp3) is 0.632. The standard InChI is InChI=1S/C19H27ClN6O3/c1-19(2,3)29-18(28)25-11-4-5-13(10-12-25)21-17(27)9-8-16-23-22-15-7-6-14(20)24-26(15)16/h6-7,13H,4-5,8-12H2,1-3H3,(H,21,27). The molecule has 9 nitrogen and oxygen atoms in total. The smallest absolute Gasteiger partial charge is 0.410 e. The average molecular weight is 423 g/mol. The number of rotatable bonds is 4. The highest BCUT2D eigenvalue weighted by Crippen LogP contribution is 2.16. The molecule has 1 saturated heterocycles. The summed E-state index contributed by atoms with van der Waals surface area (Å²) in [5.41, 5.74) is 0.0814. The Morgan fingerprint density at radius 1 is 1.24 bits per heavy atom. The summed E-state index contributed by atoms with van der Waals surface area (Å²) < 4.78 is 7.00. The molecule has 0 spiro atoms. The van der Waals surface area contributed by atoms with Crippen LogP contribution >= 0.6 is 11.6 Å². The van der Waals surface area contributed by atoms with Crippen LogP contribution < -0.4 is 5.32 Å². The topological polar surface area (TPSA) is 102 Å². The van der Waals surface area contributed by atoms with Crippen molar-refractivity contribution in [1.29, 1.82) is 0 Å². The van der Waals surface area contributed by atoms with Gasteiger partial charge in [0.25, 0.3) is 0 Å². The molecule has 1 fully saturated rings. The van der Waals surface area contributed by atoms with Crippen LogP contribution in [0.4, 0.5) is 4.79 Å². The van der Waals surface area contributed by atoms with Crippen LogP contribution in [0.2, 0.25) is 5.15 Å². The van der Waals surface area contributed by atoms with Gasteiger partial charge in [-0.1, -0.05) is 11.6 Å². The first-order valence-corrected chi connectivity index (χ1v) is 10.2. The second-order valence-corrected chi connectivity index (χ2v) is 8.59. The Bertz CT molecular complexity index is 878. The second-order valence-electron chi connectivity index (χ2n) is 8.21. The van der Waals surface area contributed by atoms with Gasteiger partial charge in [0.05, 0.1) is 0 Å². The maximum atomic E-state index is 12.4. The minimum absolute atomic E-state index is 0.0395. The first-order valence-electron chi connectivity index (χ1n) is 9.85. The Balaban J connectivity index is 1.48. The molecule has 1 aliphatic heterocycles. The van der Waals surface area contributed by atoms with Gasteiger partial charge >= 0.3 is 6.09 Å². The Hall–Kier alpha value is -2.42. The summed E-state index contributed by atoms with van der Waals surface area (Å²) in [5.74, 6) is 0.536. The lowest BCUT2D eigenvalue weighted by atomic mass is 10.1. The predicted molar refractivity (Wildman–Crippen MR) is 108 cm³/mol. The molecule has 3 heterocycles. The van der Waals surface area contributed by atoms with Gasteiger partial charge in [0.2, 0.25) is 5.91 Å². The summed E-state index contributed by atoms with van der Waals surface area (Å²) in [6.07, 6.45) is 2.75. The first-order chi connectivity index (χ1) is 13.7. The summed E-state index contributed by atoms with van der Waals surface area (Å²) in [6.45, 7) is 6.77. The van der Waals surface area contributed by atoms with Crippen LogP contribution in [0.25, 0.3) is 5.65 Å². The largest absolute Gasteiger partial charge is 0.444 e. The van der Waals surface area contributed by atoms with Gasteiger partial charge < -0.3 is 15.0 Å². The van der Waals surface area contributed by atoms with E-state index in [4.69, 9.17) is 16.3 Å². The molecule has 0 aromatic carbocycles. The Morgan fingerprint density at radius 2 is 2.03 bits per heavy atom.